The maximum atomic E-state index is 12.4. The number of esters is 1. The number of rotatable bonds is 5. The molecule has 0 saturated carbocycles. The van der Waals surface area contributed by atoms with Crippen LogP contribution in [0.3, 0.4) is 0 Å². The van der Waals surface area contributed by atoms with Crippen LogP contribution in [-0.2, 0) is 19.7 Å². The van der Waals surface area contributed by atoms with Crippen LogP contribution in [0.2, 0.25) is 0 Å². The van der Waals surface area contributed by atoms with E-state index in [1.165, 1.54) is 21.2 Å². The third-order valence-corrected chi connectivity index (χ3v) is 4.68. The van der Waals surface area contributed by atoms with Gasteiger partial charge in [0.2, 0.25) is 0 Å². The highest BCUT2D eigenvalue weighted by Gasteiger charge is 2.28. The standard InChI is InChI=1S/C13H20N2O4S/c1-10-6-7-11(2)12(8-10)15(9-13(16)19-5)20(17,18)14(3)4/h6-8H,9H2,1-5H3. The molecule has 0 N–H and O–H groups in total. The Hall–Kier alpha value is -1.60. The molecule has 0 amide bonds. The second kappa shape index (κ2) is 6.23. The zero-order valence-electron chi connectivity index (χ0n) is 12.4. The van der Waals surface area contributed by atoms with Crippen molar-refractivity contribution in [1.29, 1.82) is 0 Å². The van der Waals surface area contributed by atoms with Gasteiger partial charge in [-0.15, -0.1) is 0 Å². The largest absolute Gasteiger partial charge is 0.468 e. The van der Waals surface area contributed by atoms with E-state index in [-0.39, 0.29) is 6.54 Å². The smallest absolute Gasteiger partial charge is 0.326 e. The van der Waals surface area contributed by atoms with E-state index in [0.717, 1.165) is 19.7 Å². The van der Waals surface area contributed by atoms with Crippen LogP contribution in [0.4, 0.5) is 5.69 Å². The highest BCUT2D eigenvalue weighted by molar-refractivity contribution is 7.90. The molecule has 1 rings (SSSR count). The Balaban J connectivity index is 3.38. The van der Waals surface area contributed by atoms with Crippen molar-refractivity contribution in [3.8, 4) is 0 Å². The van der Waals surface area contributed by atoms with E-state index in [2.05, 4.69) is 4.74 Å². The Bertz CT molecular complexity index is 596. The number of carbonyl (C=O) groups excluding carboxylic acids is 1. The van der Waals surface area contributed by atoms with Crippen molar-refractivity contribution >= 4 is 21.9 Å². The summed E-state index contributed by atoms with van der Waals surface area (Å²) in [5, 5.41) is 0. The number of carbonyl (C=O) groups is 1. The number of methoxy groups -OCH3 is 1. The number of hydrogen-bond acceptors (Lipinski definition) is 4. The van der Waals surface area contributed by atoms with Crippen LogP contribution in [-0.4, -0.2) is 46.4 Å². The van der Waals surface area contributed by atoms with Crippen LogP contribution >= 0.6 is 0 Å². The predicted molar refractivity (Wildman–Crippen MR) is 77.9 cm³/mol. The van der Waals surface area contributed by atoms with E-state index >= 15 is 0 Å². The average Bonchev–Trinajstić information content (AvgIpc) is 2.38. The van der Waals surface area contributed by atoms with E-state index in [9.17, 15) is 13.2 Å². The van der Waals surface area contributed by atoms with Crippen LogP contribution in [0.25, 0.3) is 0 Å². The van der Waals surface area contributed by atoms with Crippen LogP contribution in [0.1, 0.15) is 11.1 Å². The van der Waals surface area contributed by atoms with Gasteiger partial charge in [-0.3, -0.25) is 4.79 Å². The van der Waals surface area contributed by atoms with Crippen molar-refractivity contribution in [1.82, 2.24) is 4.31 Å². The number of nitrogens with zero attached hydrogens (tertiary/aromatic N) is 2. The lowest BCUT2D eigenvalue weighted by molar-refractivity contribution is -0.138. The molecule has 0 radical (unpaired) electrons. The molecule has 0 bridgehead atoms. The summed E-state index contributed by atoms with van der Waals surface area (Å²) in [6.07, 6.45) is 0. The SMILES string of the molecule is COC(=O)CN(c1cc(C)ccc1C)S(=O)(=O)N(C)C. The zero-order valence-corrected chi connectivity index (χ0v) is 13.2. The van der Waals surface area contributed by atoms with Gasteiger partial charge in [0.1, 0.15) is 6.54 Å². The van der Waals surface area contributed by atoms with Gasteiger partial charge in [0.25, 0.3) is 0 Å². The van der Waals surface area contributed by atoms with Crippen molar-refractivity contribution in [3.05, 3.63) is 29.3 Å². The first-order chi connectivity index (χ1) is 9.20. The van der Waals surface area contributed by atoms with Crippen molar-refractivity contribution in [2.24, 2.45) is 0 Å². The third kappa shape index (κ3) is 3.49. The second-order valence-corrected chi connectivity index (χ2v) is 6.73. The molecule has 0 heterocycles. The molecule has 112 valence electrons. The second-order valence-electron chi connectivity index (χ2n) is 4.66. The number of benzene rings is 1. The van der Waals surface area contributed by atoms with Gasteiger partial charge in [0, 0.05) is 14.1 Å². The van der Waals surface area contributed by atoms with E-state index < -0.39 is 16.2 Å². The van der Waals surface area contributed by atoms with Gasteiger partial charge in [-0.1, -0.05) is 12.1 Å². The summed E-state index contributed by atoms with van der Waals surface area (Å²) in [5.41, 5.74) is 2.16. The number of aryl methyl sites for hydroxylation is 2. The van der Waals surface area contributed by atoms with Gasteiger partial charge in [-0.05, 0) is 31.0 Å². The minimum atomic E-state index is -3.77. The maximum absolute atomic E-state index is 12.4. The highest BCUT2D eigenvalue weighted by atomic mass is 32.2. The zero-order chi connectivity index (χ0) is 15.5. The number of anilines is 1. The van der Waals surface area contributed by atoms with Gasteiger partial charge in [-0.25, -0.2) is 4.31 Å². The molecule has 0 unspecified atom stereocenters. The molecule has 0 aliphatic heterocycles. The lowest BCUT2D eigenvalue weighted by Gasteiger charge is -2.27. The molecular weight excluding hydrogens is 280 g/mol. The summed E-state index contributed by atoms with van der Waals surface area (Å²) in [6, 6.07) is 5.44. The Morgan fingerprint density at radius 2 is 1.85 bits per heavy atom. The van der Waals surface area contributed by atoms with Gasteiger partial charge < -0.3 is 4.74 Å². The van der Waals surface area contributed by atoms with Crippen LogP contribution in [0.5, 0.6) is 0 Å². The highest BCUT2D eigenvalue weighted by Crippen LogP contribution is 2.25. The minimum absolute atomic E-state index is 0.360. The summed E-state index contributed by atoms with van der Waals surface area (Å²) in [5.74, 6) is -0.615. The molecular formula is C13H20N2O4S. The fourth-order valence-electron chi connectivity index (χ4n) is 1.66. The summed E-state index contributed by atoms with van der Waals surface area (Å²) in [7, 11) is 0.300. The molecule has 0 aromatic heterocycles. The fraction of sp³-hybridized carbons (Fsp3) is 0.462. The fourth-order valence-corrected chi connectivity index (χ4v) is 2.77. The van der Waals surface area contributed by atoms with Crippen molar-refractivity contribution < 1.29 is 17.9 Å². The summed E-state index contributed by atoms with van der Waals surface area (Å²) in [6.45, 7) is 3.30. The van der Waals surface area contributed by atoms with Crippen LogP contribution in [0, 0.1) is 13.8 Å². The molecule has 0 saturated heterocycles. The molecule has 1 aromatic carbocycles. The predicted octanol–water partition coefficient (Wildman–Crippen LogP) is 1.09. The number of hydrogen-bond donors (Lipinski definition) is 0. The number of ether oxygens (including phenoxy) is 1. The maximum Gasteiger partial charge on any atom is 0.326 e. The normalized spacial score (nSPS) is 11.5. The van der Waals surface area contributed by atoms with Crippen LogP contribution < -0.4 is 4.31 Å². The van der Waals surface area contributed by atoms with E-state index in [1.807, 2.05) is 19.1 Å². The van der Waals surface area contributed by atoms with Gasteiger partial charge >= 0.3 is 16.2 Å². The van der Waals surface area contributed by atoms with E-state index in [0.29, 0.717) is 5.69 Å². The van der Waals surface area contributed by atoms with Crippen molar-refractivity contribution in [3.63, 3.8) is 0 Å². The molecule has 0 spiro atoms. The first-order valence-electron chi connectivity index (χ1n) is 6.04. The van der Waals surface area contributed by atoms with Gasteiger partial charge in [0.05, 0.1) is 12.8 Å². The Morgan fingerprint density at radius 1 is 1.25 bits per heavy atom. The third-order valence-electron chi connectivity index (χ3n) is 2.87. The summed E-state index contributed by atoms with van der Waals surface area (Å²) in [4.78, 5) is 11.5. The Labute approximate surface area is 120 Å². The minimum Gasteiger partial charge on any atom is -0.468 e. The molecule has 0 atom stereocenters. The quantitative estimate of drug-likeness (QED) is 0.763. The van der Waals surface area contributed by atoms with Gasteiger partial charge in [-0.2, -0.15) is 12.7 Å². The lowest BCUT2D eigenvalue weighted by Crippen LogP contribution is -2.43. The lowest BCUT2D eigenvalue weighted by atomic mass is 10.1. The summed E-state index contributed by atoms with van der Waals surface area (Å²) < 4.78 is 31.5. The molecule has 0 aliphatic rings. The van der Waals surface area contributed by atoms with Crippen molar-refractivity contribution in [2.75, 3.05) is 32.1 Å². The molecule has 20 heavy (non-hydrogen) atoms. The monoisotopic (exact) mass is 300 g/mol. The van der Waals surface area contributed by atoms with Gasteiger partial charge in [0.15, 0.2) is 0 Å². The topological polar surface area (TPSA) is 66.9 Å². The van der Waals surface area contributed by atoms with Crippen molar-refractivity contribution in [2.45, 2.75) is 13.8 Å². The Morgan fingerprint density at radius 3 is 2.35 bits per heavy atom. The molecule has 6 nitrogen and oxygen atoms in total. The first-order valence-corrected chi connectivity index (χ1v) is 7.44. The average molecular weight is 300 g/mol. The van der Waals surface area contributed by atoms with Crippen LogP contribution in [0.15, 0.2) is 18.2 Å². The first kappa shape index (κ1) is 16.5. The molecule has 1 aromatic rings. The molecule has 0 aliphatic carbocycles. The molecule has 7 heteroatoms. The van der Waals surface area contributed by atoms with E-state index in [4.69, 9.17) is 0 Å². The summed E-state index contributed by atoms with van der Waals surface area (Å²) >= 11 is 0. The van der Waals surface area contributed by atoms with E-state index in [1.54, 1.807) is 13.0 Å². The molecule has 0 fully saturated rings. The Kier molecular flexibility index (Phi) is 5.13.